The van der Waals surface area contributed by atoms with E-state index in [0.29, 0.717) is 6.04 Å². The van der Waals surface area contributed by atoms with Gasteiger partial charge in [0, 0.05) is 18.2 Å². The van der Waals surface area contributed by atoms with Gasteiger partial charge in [-0.2, -0.15) is 0 Å². The van der Waals surface area contributed by atoms with Crippen LogP contribution in [-0.4, -0.2) is 36.1 Å². The van der Waals surface area contributed by atoms with Crippen molar-refractivity contribution in [2.24, 2.45) is 0 Å². The lowest BCUT2D eigenvalue weighted by molar-refractivity contribution is 0.132. The van der Waals surface area contributed by atoms with Crippen LogP contribution in [0.3, 0.4) is 0 Å². The van der Waals surface area contributed by atoms with Gasteiger partial charge in [-0.3, -0.25) is 4.90 Å². The van der Waals surface area contributed by atoms with Crippen LogP contribution in [0.5, 0.6) is 0 Å². The van der Waals surface area contributed by atoms with E-state index in [4.69, 9.17) is 4.42 Å². The van der Waals surface area contributed by atoms with Crippen molar-refractivity contribution in [1.29, 1.82) is 0 Å². The minimum atomic E-state index is 0. The maximum absolute atomic E-state index is 5.98. The summed E-state index contributed by atoms with van der Waals surface area (Å²) in [5.74, 6) is 1.66. The van der Waals surface area contributed by atoms with Gasteiger partial charge in [-0.25, -0.2) is 4.98 Å². The molecule has 2 unspecified atom stereocenters. The molecule has 23 heavy (non-hydrogen) atoms. The third-order valence-electron chi connectivity index (χ3n) is 4.35. The van der Waals surface area contributed by atoms with E-state index in [-0.39, 0.29) is 30.9 Å². The van der Waals surface area contributed by atoms with Gasteiger partial charge < -0.3 is 9.73 Å². The second-order valence-electron chi connectivity index (χ2n) is 5.73. The van der Waals surface area contributed by atoms with E-state index in [1.165, 1.54) is 12.8 Å². The van der Waals surface area contributed by atoms with Crippen LogP contribution in [0.25, 0.3) is 11.3 Å². The smallest absolute Gasteiger partial charge is 0.211 e. The average Bonchev–Trinajstić information content (AvgIpc) is 3.05. The third-order valence-corrected chi connectivity index (χ3v) is 4.35. The van der Waals surface area contributed by atoms with Gasteiger partial charge in [0.2, 0.25) is 5.89 Å². The lowest BCUT2D eigenvalue weighted by atomic mass is 10.0. The third kappa shape index (κ3) is 4.70. The van der Waals surface area contributed by atoms with Crippen molar-refractivity contribution < 1.29 is 4.42 Å². The quantitative estimate of drug-likeness (QED) is 0.899. The molecule has 2 heterocycles. The first-order valence-electron chi connectivity index (χ1n) is 7.70. The first kappa shape index (κ1) is 20.0. The number of nitrogens with zero attached hydrogens (tertiary/aromatic N) is 2. The molecule has 2 atom stereocenters. The Kier molecular flexibility index (Phi) is 8.06. The van der Waals surface area contributed by atoms with Gasteiger partial charge >= 0.3 is 0 Å². The van der Waals surface area contributed by atoms with Crippen LogP contribution < -0.4 is 5.32 Å². The minimum absolute atomic E-state index is 0. The summed E-state index contributed by atoms with van der Waals surface area (Å²) < 4.78 is 5.98. The summed E-state index contributed by atoms with van der Waals surface area (Å²) in [5.41, 5.74) is 1.08. The fraction of sp³-hybridized carbons (Fsp3) is 0.471. The SMILES string of the molecule is CNC1CCCN(C(C)c2ncc(-c3ccccc3)o2)C1.Cl.Cl. The minimum Gasteiger partial charge on any atom is -0.439 e. The summed E-state index contributed by atoms with van der Waals surface area (Å²) in [4.78, 5) is 6.94. The van der Waals surface area contributed by atoms with Crippen molar-refractivity contribution in [3.8, 4) is 11.3 Å². The van der Waals surface area contributed by atoms with Gasteiger partial charge in [-0.15, -0.1) is 24.8 Å². The summed E-state index contributed by atoms with van der Waals surface area (Å²) in [7, 11) is 2.04. The van der Waals surface area contributed by atoms with E-state index >= 15 is 0 Å². The Hall–Kier alpha value is -1.07. The van der Waals surface area contributed by atoms with E-state index < -0.39 is 0 Å². The molecule has 4 nitrogen and oxygen atoms in total. The molecule has 1 N–H and O–H groups in total. The van der Waals surface area contributed by atoms with Crippen molar-refractivity contribution in [2.45, 2.75) is 31.8 Å². The van der Waals surface area contributed by atoms with Crippen LogP contribution >= 0.6 is 24.8 Å². The molecule has 0 saturated carbocycles. The summed E-state index contributed by atoms with van der Waals surface area (Å²) in [6.45, 7) is 4.35. The van der Waals surface area contributed by atoms with Gasteiger partial charge in [-0.1, -0.05) is 30.3 Å². The fourth-order valence-corrected chi connectivity index (χ4v) is 2.97. The Balaban J connectivity index is 0.00000132. The van der Waals surface area contributed by atoms with Crippen molar-refractivity contribution >= 4 is 24.8 Å². The zero-order valence-electron chi connectivity index (χ0n) is 13.6. The lowest BCUT2D eigenvalue weighted by Crippen LogP contribution is -2.45. The summed E-state index contributed by atoms with van der Waals surface area (Å²) in [5, 5.41) is 3.38. The molecule has 6 heteroatoms. The highest BCUT2D eigenvalue weighted by atomic mass is 35.5. The molecular weight excluding hydrogens is 333 g/mol. The average molecular weight is 358 g/mol. The molecule has 0 bridgehead atoms. The molecule has 3 rings (SSSR count). The fourth-order valence-electron chi connectivity index (χ4n) is 2.97. The van der Waals surface area contributed by atoms with Gasteiger partial charge in [0.15, 0.2) is 5.76 Å². The number of piperidine rings is 1. The summed E-state index contributed by atoms with van der Waals surface area (Å²) >= 11 is 0. The van der Waals surface area contributed by atoms with Crippen molar-refractivity contribution in [3.63, 3.8) is 0 Å². The molecule has 1 aromatic heterocycles. The number of nitrogens with one attached hydrogen (secondary N) is 1. The number of oxazole rings is 1. The zero-order chi connectivity index (χ0) is 14.7. The lowest BCUT2D eigenvalue weighted by Gasteiger charge is -2.35. The van der Waals surface area contributed by atoms with Crippen LogP contribution in [0.1, 0.15) is 31.7 Å². The Labute approximate surface area is 150 Å². The van der Waals surface area contributed by atoms with Gasteiger partial charge in [-0.05, 0) is 33.4 Å². The van der Waals surface area contributed by atoms with Crippen molar-refractivity contribution in [2.75, 3.05) is 20.1 Å². The highest BCUT2D eigenvalue weighted by Gasteiger charge is 2.26. The first-order chi connectivity index (χ1) is 10.3. The van der Waals surface area contributed by atoms with Crippen LogP contribution in [0.4, 0.5) is 0 Å². The highest BCUT2D eigenvalue weighted by molar-refractivity contribution is 5.85. The molecule has 0 aliphatic carbocycles. The molecule has 1 fully saturated rings. The Morgan fingerprint density at radius 1 is 1.26 bits per heavy atom. The Morgan fingerprint density at radius 3 is 2.70 bits per heavy atom. The number of halogens is 2. The van der Waals surface area contributed by atoms with Gasteiger partial charge in [0.05, 0.1) is 12.2 Å². The van der Waals surface area contributed by atoms with E-state index in [1.54, 1.807) is 0 Å². The van der Waals surface area contributed by atoms with Crippen molar-refractivity contribution in [1.82, 2.24) is 15.2 Å². The molecule has 1 saturated heterocycles. The van der Waals surface area contributed by atoms with Crippen molar-refractivity contribution in [3.05, 3.63) is 42.4 Å². The molecule has 0 spiro atoms. The molecule has 0 radical (unpaired) electrons. The number of hydrogen-bond donors (Lipinski definition) is 1. The number of hydrogen-bond acceptors (Lipinski definition) is 4. The topological polar surface area (TPSA) is 41.3 Å². The molecular formula is C17H25Cl2N3O. The summed E-state index contributed by atoms with van der Waals surface area (Å²) in [6.07, 6.45) is 4.31. The zero-order valence-corrected chi connectivity index (χ0v) is 15.2. The molecule has 1 aliphatic rings. The number of likely N-dealkylation sites (tertiary alicyclic amines) is 1. The maximum Gasteiger partial charge on any atom is 0.211 e. The largest absolute Gasteiger partial charge is 0.439 e. The highest BCUT2D eigenvalue weighted by Crippen LogP contribution is 2.27. The molecule has 2 aromatic rings. The number of aromatic nitrogens is 1. The van der Waals surface area contributed by atoms with Gasteiger partial charge in [0.25, 0.3) is 0 Å². The number of benzene rings is 1. The predicted molar refractivity (Wildman–Crippen MR) is 98.5 cm³/mol. The second kappa shape index (κ2) is 9.28. The second-order valence-corrected chi connectivity index (χ2v) is 5.73. The normalized spacial score (nSPS) is 19.5. The summed E-state index contributed by atoms with van der Waals surface area (Å²) in [6, 6.07) is 10.9. The number of rotatable bonds is 4. The van der Waals surface area contributed by atoms with Crippen LogP contribution in [0.2, 0.25) is 0 Å². The molecule has 128 valence electrons. The monoisotopic (exact) mass is 357 g/mol. The maximum atomic E-state index is 5.98. The van der Waals surface area contributed by atoms with E-state index in [9.17, 15) is 0 Å². The Morgan fingerprint density at radius 2 is 2.00 bits per heavy atom. The molecule has 1 aromatic carbocycles. The van der Waals surface area contributed by atoms with E-state index in [0.717, 1.165) is 30.3 Å². The van der Waals surface area contributed by atoms with Gasteiger partial charge in [0.1, 0.15) is 0 Å². The number of likely N-dealkylation sites (N-methyl/N-ethyl adjacent to an activating group) is 1. The standard InChI is InChI=1S/C17H23N3O.2ClH/c1-13(20-10-6-9-15(12-20)18-2)17-19-11-16(21-17)14-7-4-3-5-8-14;;/h3-5,7-8,11,13,15,18H,6,9-10,12H2,1-2H3;2*1H. The van der Waals surface area contributed by atoms with Crippen LogP contribution in [0, 0.1) is 0 Å². The molecule has 0 amide bonds. The van der Waals surface area contributed by atoms with Crippen LogP contribution in [0.15, 0.2) is 40.9 Å². The van der Waals surface area contributed by atoms with E-state index in [1.807, 2.05) is 43.6 Å². The first-order valence-corrected chi connectivity index (χ1v) is 7.70. The van der Waals surface area contributed by atoms with Crippen LogP contribution in [-0.2, 0) is 0 Å². The van der Waals surface area contributed by atoms with E-state index in [2.05, 4.69) is 22.1 Å². The predicted octanol–water partition coefficient (Wildman–Crippen LogP) is 3.93. The Bertz CT molecular complexity index is 576. The molecule has 1 aliphatic heterocycles.